The van der Waals surface area contributed by atoms with Crippen molar-refractivity contribution in [1.29, 1.82) is 0 Å². The molecule has 1 aromatic heterocycles. The summed E-state index contributed by atoms with van der Waals surface area (Å²) in [6, 6.07) is 5.58. The van der Waals surface area contributed by atoms with Gasteiger partial charge in [-0.3, -0.25) is 4.79 Å². The molecule has 0 aliphatic rings. The SMILES string of the molecule is Cc1cc(C#CCN)cc(C(=O)N(C)Cc2ncc[nH]2)c1. The summed E-state index contributed by atoms with van der Waals surface area (Å²) < 4.78 is 0. The highest BCUT2D eigenvalue weighted by Crippen LogP contribution is 2.12. The smallest absolute Gasteiger partial charge is 0.254 e. The van der Waals surface area contributed by atoms with E-state index in [1.807, 2.05) is 19.1 Å². The minimum Gasteiger partial charge on any atom is -0.347 e. The van der Waals surface area contributed by atoms with Gasteiger partial charge < -0.3 is 15.6 Å². The number of nitrogens with two attached hydrogens (primary N) is 1. The van der Waals surface area contributed by atoms with Gasteiger partial charge in [-0.25, -0.2) is 4.98 Å². The Morgan fingerprint density at radius 2 is 2.24 bits per heavy atom. The number of nitrogens with zero attached hydrogens (tertiary/aromatic N) is 2. The van der Waals surface area contributed by atoms with Crippen molar-refractivity contribution in [3.63, 3.8) is 0 Å². The Morgan fingerprint density at radius 3 is 2.90 bits per heavy atom. The van der Waals surface area contributed by atoms with Gasteiger partial charge in [-0.1, -0.05) is 11.8 Å². The zero-order chi connectivity index (χ0) is 15.2. The monoisotopic (exact) mass is 282 g/mol. The lowest BCUT2D eigenvalue weighted by Gasteiger charge is -2.16. The lowest BCUT2D eigenvalue weighted by atomic mass is 10.1. The van der Waals surface area contributed by atoms with Crippen molar-refractivity contribution in [2.24, 2.45) is 5.73 Å². The maximum absolute atomic E-state index is 12.5. The van der Waals surface area contributed by atoms with Gasteiger partial charge in [0.25, 0.3) is 5.91 Å². The molecule has 2 rings (SSSR count). The summed E-state index contributed by atoms with van der Waals surface area (Å²) in [6.07, 6.45) is 3.40. The summed E-state index contributed by atoms with van der Waals surface area (Å²) in [4.78, 5) is 21.2. The average molecular weight is 282 g/mol. The van der Waals surface area contributed by atoms with Crippen LogP contribution in [-0.4, -0.2) is 34.4 Å². The van der Waals surface area contributed by atoms with E-state index in [2.05, 4.69) is 21.8 Å². The summed E-state index contributed by atoms with van der Waals surface area (Å²) in [5.74, 6) is 6.45. The molecule has 5 nitrogen and oxygen atoms in total. The Balaban J connectivity index is 2.20. The van der Waals surface area contributed by atoms with Crippen LogP contribution in [0, 0.1) is 18.8 Å². The van der Waals surface area contributed by atoms with Gasteiger partial charge in [-0.2, -0.15) is 0 Å². The Morgan fingerprint density at radius 1 is 1.43 bits per heavy atom. The molecule has 0 unspecified atom stereocenters. The first kappa shape index (κ1) is 14.8. The number of benzene rings is 1. The number of imidazole rings is 1. The van der Waals surface area contributed by atoms with Gasteiger partial charge >= 0.3 is 0 Å². The van der Waals surface area contributed by atoms with Gasteiger partial charge in [0.2, 0.25) is 0 Å². The number of hydrogen-bond acceptors (Lipinski definition) is 3. The second-order valence-electron chi connectivity index (χ2n) is 4.79. The number of carbonyl (C=O) groups is 1. The molecule has 0 spiro atoms. The van der Waals surface area contributed by atoms with Crippen molar-refractivity contribution in [1.82, 2.24) is 14.9 Å². The van der Waals surface area contributed by atoms with E-state index in [0.717, 1.165) is 17.0 Å². The topological polar surface area (TPSA) is 75.0 Å². The van der Waals surface area contributed by atoms with Crippen LogP contribution >= 0.6 is 0 Å². The highest BCUT2D eigenvalue weighted by molar-refractivity contribution is 5.94. The van der Waals surface area contributed by atoms with Crippen molar-refractivity contribution in [2.45, 2.75) is 13.5 Å². The number of hydrogen-bond donors (Lipinski definition) is 2. The van der Waals surface area contributed by atoms with E-state index in [1.54, 1.807) is 30.4 Å². The van der Waals surface area contributed by atoms with Crippen molar-refractivity contribution < 1.29 is 4.79 Å². The first-order valence-electron chi connectivity index (χ1n) is 6.64. The fourth-order valence-corrected chi connectivity index (χ4v) is 2.03. The van der Waals surface area contributed by atoms with Crippen LogP contribution in [-0.2, 0) is 6.54 Å². The molecular weight excluding hydrogens is 264 g/mol. The molecule has 5 heteroatoms. The lowest BCUT2D eigenvalue weighted by molar-refractivity contribution is 0.0781. The first-order valence-corrected chi connectivity index (χ1v) is 6.64. The maximum atomic E-state index is 12.5. The number of aromatic nitrogens is 2. The van der Waals surface area contributed by atoms with Crippen LogP contribution in [0.3, 0.4) is 0 Å². The molecule has 1 amide bonds. The van der Waals surface area contributed by atoms with Gasteiger partial charge in [0.15, 0.2) is 0 Å². The van der Waals surface area contributed by atoms with Crippen LogP contribution in [0.1, 0.15) is 27.3 Å². The fourth-order valence-electron chi connectivity index (χ4n) is 2.03. The summed E-state index contributed by atoms with van der Waals surface area (Å²) >= 11 is 0. The zero-order valence-corrected chi connectivity index (χ0v) is 12.2. The van der Waals surface area contributed by atoms with E-state index in [-0.39, 0.29) is 5.91 Å². The van der Waals surface area contributed by atoms with E-state index in [4.69, 9.17) is 5.73 Å². The number of carbonyl (C=O) groups excluding carboxylic acids is 1. The molecule has 1 aromatic carbocycles. The standard InChI is InChI=1S/C16H18N4O/c1-12-8-13(4-3-5-17)10-14(9-12)16(21)20(2)11-15-18-6-7-19-15/h6-10H,5,11,17H2,1-2H3,(H,18,19). The largest absolute Gasteiger partial charge is 0.347 e. The zero-order valence-electron chi connectivity index (χ0n) is 12.2. The summed E-state index contributed by atoms with van der Waals surface area (Å²) in [6.45, 7) is 2.68. The van der Waals surface area contributed by atoms with E-state index in [0.29, 0.717) is 18.7 Å². The van der Waals surface area contributed by atoms with Gasteiger partial charge in [0.1, 0.15) is 5.82 Å². The van der Waals surface area contributed by atoms with Gasteiger partial charge in [-0.15, -0.1) is 0 Å². The average Bonchev–Trinajstić information content (AvgIpc) is 2.96. The lowest BCUT2D eigenvalue weighted by Crippen LogP contribution is -2.26. The molecule has 0 bridgehead atoms. The van der Waals surface area contributed by atoms with Gasteiger partial charge in [0, 0.05) is 30.6 Å². The third-order valence-corrected chi connectivity index (χ3v) is 2.95. The third-order valence-electron chi connectivity index (χ3n) is 2.95. The molecule has 0 saturated carbocycles. The van der Waals surface area contributed by atoms with Gasteiger partial charge in [0.05, 0.1) is 13.1 Å². The molecule has 21 heavy (non-hydrogen) atoms. The summed E-state index contributed by atoms with van der Waals surface area (Å²) in [5.41, 5.74) is 7.79. The van der Waals surface area contributed by atoms with Gasteiger partial charge in [-0.05, 0) is 30.7 Å². The van der Waals surface area contributed by atoms with E-state index in [9.17, 15) is 4.79 Å². The maximum Gasteiger partial charge on any atom is 0.254 e. The first-order chi connectivity index (χ1) is 10.1. The molecule has 1 heterocycles. The third kappa shape index (κ3) is 3.94. The summed E-state index contributed by atoms with van der Waals surface area (Å²) in [7, 11) is 1.75. The van der Waals surface area contributed by atoms with E-state index >= 15 is 0 Å². The Labute approximate surface area is 124 Å². The predicted octanol–water partition coefficient (Wildman–Crippen LogP) is 1.30. The van der Waals surface area contributed by atoms with Crippen LogP contribution in [0.2, 0.25) is 0 Å². The van der Waals surface area contributed by atoms with Crippen LogP contribution in [0.25, 0.3) is 0 Å². The number of H-pyrrole nitrogens is 1. The van der Waals surface area contributed by atoms with Crippen LogP contribution in [0.15, 0.2) is 30.6 Å². The van der Waals surface area contributed by atoms with Crippen molar-refractivity contribution in [3.05, 3.63) is 53.1 Å². The van der Waals surface area contributed by atoms with Crippen LogP contribution in [0.5, 0.6) is 0 Å². The second kappa shape index (κ2) is 6.73. The highest BCUT2D eigenvalue weighted by atomic mass is 16.2. The Kier molecular flexibility index (Phi) is 4.75. The second-order valence-corrected chi connectivity index (χ2v) is 4.79. The molecule has 0 fully saturated rings. The molecule has 0 aliphatic carbocycles. The molecule has 0 saturated heterocycles. The fraction of sp³-hybridized carbons (Fsp3) is 0.250. The number of aryl methyl sites for hydroxylation is 1. The number of aromatic amines is 1. The molecule has 2 aromatic rings. The minimum atomic E-state index is -0.0640. The molecule has 0 aliphatic heterocycles. The molecule has 0 atom stereocenters. The van der Waals surface area contributed by atoms with E-state index < -0.39 is 0 Å². The minimum absolute atomic E-state index is 0.0640. The molecule has 108 valence electrons. The normalized spacial score (nSPS) is 9.86. The highest BCUT2D eigenvalue weighted by Gasteiger charge is 2.13. The van der Waals surface area contributed by atoms with E-state index in [1.165, 1.54) is 0 Å². The van der Waals surface area contributed by atoms with Crippen molar-refractivity contribution in [2.75, 3.05) is 13.6 Å². The predicted molar refractivity (Wildman–Crippen MR) is 81.5 cm³/mol. The van der Waals surface area contributed by atoms with Crippen LogP contribution in [0.4, 0.5) is 0 Å². The Hall–Kier alpha value is -2.58. The van der Waals surface area contributed by atoms with Crippen molar-refractivity contribution in [3.8, 4) is 11.8 Å². The number of rotatable bonds is 3. The van der Waals surface area contributed by atoms with Crippen LogP contribution < -0.4 is 5.73 Å². The number of amides is 1. The molecular formula is C16H18N4O. The van der Waals surface area contributed by atoms with Crippen molar-refractivity contribution >= 4 is 5.91 Å². The Bertz CT molecular complexity index is 680. The molecule has 0 radical (unpaired) electrons. The quantitative estimate of drug-likeness (QED) is 0.833. The summed E-state index contributed by atoms with van der Waals surface area (Å²) in [5, 5.41) is 0. The molecule has 3 N–H and O–H groups in total. The number of nitrogens with one attached hydrogen (secondary N) is 1.